The standard InChI is InChI=1S/C12H11NO3/c1-8(14)13-11-6-4-3-5-10(11)7-12(13)16-9(2)15/h3-7H,1-2H3. The minimum Gasteiger partial charge on any atom is -0.409 e. The van der Waals surface area contributed by atoms with Crippen molar-refractivity contribution in [2.75, 3.05) is 0 Å². The van der Waals surface area contributed by atoms with Crippen LogP contribution in [0.3, 0.4) is 0 Å². The first-order chi connectivity index (χ1) is 7.59. The number of carbonyl (C=O) groups excluding carboxylic acids is 2. The second-order valence-corrected chi connectivity index (χ2v) is 3.49. The van der Waals surface area contributed by atoms with E-state index in [4.69, 9.17) is 4.74 Å². The third-order valence-corrected chi connectivity index (χ3v) is 2.24. The number of para-hydroxylation sites is 1. The van der Waals surface area contributed by atoms with Gasteiger partial charge in [0.25, 0.3) is 0 Å². The van der Waals surface area contributed by atoms with Crippen LogP contribution in [0.15, 0.2) is 30.3 Å². The molecule has 82 valence electrons. The third kappa shape index (κ3) is 1.69. The van der Waals surface area contributed by atoms with Crippen LogP contribution < -0.4 is 4.74 Å². The Hall–Kier alpha value is -2.10. The van der Waals surface area contributed by atoms with Gasteiger partial charge in [0, 0.05) is 25.3 Å². The maximum absolute atomic E-state index is 11.5. The maximum atomic E-state index is 11.5. The van der Waals surface area contributed by atoms with E-state index in [0.717, 1.165) is 10.9 Å². The van der Waals surface area contributed by atoms with Crippen LogP contribution in [0.4, 0.5) is 0 Å². The van der Waals surface area contributed by atoms with Gasteiger partial charge in [-0.25, -0.2) is 0 Å². The van der Waals surface area contributed by atoms with Crippen LogP contribution in [0.2, 0.25) is 0 Å². The SMILES string of the molecule is CC(=O)Oc1cc2ccccc2n1C(C)=O. The Labute approximate surface area is 92.4 Å². The highest BCUT2D eigenvalue weighted by molar-refractivity contribution is 5.94. The van der Waals surface area contributed by atoms with E-state index in [0.29, 0.717) is 0 Å². The first-order valence-electron chi connectivity index (χ1n) is 4.89. The molecule has 0 N–H and O–H groups in total. The molecule has 0 bridgehead atoms. The summed E-state index contributed by atoms with van der Waals surface area (Å²) in [4.78, 5) is 22.4. The third-order valence-electron chi connectivity index (χ3n) is 2.24. The lowest BCUT2D eigenvalue weighted by Crippen LogP contribution is -2.11. The lowest BCUT2D eigenvalue weighted by molar-refractivity contribution is -0.132. The molecule has 16 heavy (non-hydrogen) atoms. The Morgan fingerprint density at radius 1 is 1.19 bits per heavy atom. The molecule has 0 aliphatic carbocycles. The van der Waals surface area contributed by atoms with E-state index in [1.165, 1.54) is 18.4 Å². The number of esters is 1. The summed E-state index contributed by atoms with van der Waals surface area (Å²) in [7, 11) is 0. The molecule has 4 nitrogen and oxygen atoms in total. The lowest BCUT2D eigenvalue weighted by atomic mass is 10.2. The van der Waals surface area contributed by atoms with Crippen molar-refractivity contribution in [2.24, 2.45) is 0 Å². The van der Waals surface area contributed by atoms with Gasteiger partial charge in [-0.05, 0) is 6.07 Å². The summed E-state index contributed by atoms with van der Waals surface area (Å²) in [6.45, 7) is 2.74. The van der Waals surface area contributed by atoms with Crippen molar-refractivity contribution in [1.29, 1.82) is 0 Å². The number of carbonyl (C=O) groups is 2. The zero-order valence-corrected chi connectivity index (χ0v) is 9.06. The molecule has 1 aromatic carbocycles. The Morgan fingerprint density at radius 3 is 2.50 bits per heavy atom. The van der Waals surface area contributed by atoms with E-state index in [1.807, 2.05) is 24.3 Å². The highest BCUT2D eigenvalue weighted by Crippen LogP contribution is 2.25. The molecule has 4 heteroatoms. The summed E-state index contributed by atoms with van der Waals surface area (Å²) in [5.74, 6) is -0.357. The average molecular weight is 217 g/mol. The maximum Gasteiger partial charge on any atom is 0.309 e. The van der Waals surface area contributed by atoms with Crippen molar-refractivity contribution in [2.45, 2.75) is 13.8 Å². The number of benzene rings is 1. The number of hydrogen-bond donors (Lipinski definition) is 0. The largest absolute Gasteiger partial charge is 0.409 e. The number of aromatic nitrogens is 1. The van der Waals surface area contributed by atoms with Gasteiger partial charge in [0.1, 0.15) is 0 Å². The van der Waals surface area contributed by atoms with Gasteiger partial charge >= 0.3 is 5.97 Å². The summed E-state index contributed by atoms with van der Waals surface area (Å²) in [5, 5.41) is 0.869. The minimum atomic E-state index is -0.440. The van der Waals surface area contributed by atoms with Crippen LogP contribution in [0, 0.1) is 0 Å². The molecular formula is C12H11NO3. The second kappa shape index (κ2) is 3.81. The molecule has 0 radical (unpaired) electrons. The first-order valence-corrected chi connectivity index (χ1v) is 4.89. The number of ether oxygens (including phenoxy) is 1. The van der Waals surface area contributed by atoms with Gasteiger partial charge in [0.15, 0.2) is 0 Å². The molecule has 0 atom stereocenters. The van der Waals surface area contributed by atoms with Gasteiger partial charge in [-0.1, -0.05) is 18.2 Å². The number of hydrogen-bond acceptors (Lipinski definition) is 3. The summed E-state index contributed by atoms with van der Waals surface area (Å²) >= 11 is 0. The van der Waals surface area contributed by atoms with Crippen molar-refractivity contribution in [3.63, 3.8) is 0 Å². The van der Waals surface area contributed by atoms with Crippen LogP contribution in [0.5, 0.6) is 5.88 Å². The summed E-state index contributed by atoms with van der Waals surface area (Å²) in [5.41, 5.74) is 0.742. The Bertz CT molecular complexity index is 569. The fourth-order valence-corrected chi connectivity index (χ4v) is 1.68. The fraction of sp³-hybridized carbons (Fsp3) is 0.167. The topological polar surface area (TPSA) is 48.3 Å². The van der Waals surface area contributed by atoms with E-state index < -0.39 is 5.97 Å². The molecule has 0 unspecified atom stereocenters. The van der Waals surface area contributed by atoms with Gasteiger partial charge in [0.2, 0.25) is 11.8 Å². The molecule has 0 aliphatic rings. The molecule has 1 aromatic heterocycles. The number of rotatable bonds is 1. The van der Waals surface area contributed by atoms with Crippen molar-refractivity contribution in [3.8, 4) is 5.88 Å². The molecule has 0 saturated heterocycles. The van der Waals surface area contributed by atoms with Gasteiger partial charge in [-0.15, -0.1) is 0 Å². The number of nitrogens with zero attached hydrogens (tertiary/aromatic N) is 1. The normalized spacial score (nSPS) is 10.4. The van der Waals surface area contributed by atoms with Crippen LogP contribution in [-0.2, 0) is 4.79 Å². The van der Waals surface area contributed by atoms with E-state index >= 15 is 0 Å². The highest BCUT2D eigenvalue weighted by atomic mass is 16.5. The Kier molecular flexibility index (Phi) is 2.48. The molecule has 0 aliphatic heterocycles. The predicted octanol–water partition coefficient (Wildman–Crippen LogP) is 2.23. The highest BCUT2D eigenvalue weighted by Gasteiger charge is 2.13. The van der Waals surface area contributed by atoms with Crippen LogP contribution in [0.1, 0.15) is 18.6 Å². The minimum absolute atomic E-state index is 0.183. The van der Waals surface area contributed by atoms with E-state index in [-0.39, 0.29) is 11.8 Å². The summed E-state index contributed by atoms with van der Waals surface area (Å²) in [6, 6.07) is 9.05. The van der Waals surface area contributed by atoms with E-state index in [2.05, 4.69) is 0 Å². The molecule has 0 saturated carbocycles. The Balaban J connectivity index is 2.68. The van der Waals surface area contributed by atoms with Crippen LogP contribution in [0.25, 0.3) is 10.9 Å². The van der Waals surface area contributed by atoms with Crippen molar-refractivity contribution in [1.82, 2.24) is 4.57 Å². The van der Waals surface area contributed by atoms with Gasteiger partial charge in [-0.2, -0.15) is 0 Å². The molecule has 0 spiro atoms. The smallest absolute Gasteiger partial charge is 0.309 e. The molecule has 1 heterocycles. The molecule has 0 fully saturated rings. The van der Waals surface area contributed by atoms with Gasteiger partial charge < -0.3 is 4.74 Å². The van der Waals surface area contributed by atoms with Gasteiger partial charge in [0.05, 0.1) is 5.52 Å². The molecule has 2 rings (SSSR count). The summed E-state index contributed by atoms with van der Waals surface area (Å²) in [6.07, 6.45) is 0. The van der Waals surface area contributed by atoms with Crippen LogP contribution in [-0.4, -0.2) is 16.4 Å². The van der Waals surface area contributed by atoms with E-state index in [9.17, 15) is 9.59 Å². The first kappa shape index (κ1) is 10.4. The number of fused-ring (bicyclic) bond motifs is 1. The zero-order valence-electron chi connectivity index (χ0n) is 9.06. The average Bonchev–Trinajstić information content (AvgIpc) is 2.53. The monoisotopic (exact) mass is 217 g/mol. The predicted molar refractivity (Wildman–Crippen MR) is 59.5 cm³/mol. The van der Waals surface area contributed by atoms with E-state index in [1.54, 1.807) is 6.07 Å². The fourth-order valence-electron chi connectivity index (χ4n) is 1.68. The second-order valence-electron chi connectivity index (χ2n) is 3.49. The van der Waals surface area contributed by atoms with Crippen molar-refractivity contribution < 1.29 is 14.3 Å². The van der Waals surface area contributed by atoms with Crippen molar-refractivity contribution >= 4 is 22.8 Å². The van der Waals surface area contributed by atoms with Crippen molar-refractivity contribution in [3.05, 3.63) is 30.3 Å². The molecule has 0 amide bonds. The molecular weight excluding hydrogens is 206 g/mol. The van der Waals surface area contributed by atoms with Crippen LogP contribution >= 0.6 is 0 Å². The Morgan fingerprint density at radius 2 is 1.88 bits per heavy atom. The van der Waals surface area contributed by atoms with Gasteiger partial charge in [-0.3, -0.25) is 14.2 Å². The quantitative estimate of drug-likeness (QED) is 0.688. The lowest BCUT2D eigenvalue weighted by Gasteiger charge is -2.04. The summed E-state index contributed by atoms with van der Waals surface area (Å²) < 4.78 is 6.38. The molecule has 2 aromatic rings. The zero-order chi connectivity index (χ0) is 11.7.